The lowest BCUT2D eigenvalue weighted by molar-refractivity contribution is -0.144. The number of carbonyl (C=O) groups excluding carboxylic acids is 2. The van der Waals surface area contributed by atoms with Gasteiger partial charge in [-0.1, -0.05) is 42.8 Å². The Morgan fingerprint density at radius 1 is 1.09 bits per heavy atom. The number of Topliss-reactive ketones (excluding diaryl/α,β-unsaturated/α-hetero) is 1. The van der Waals surface area contributed by atoms with Gasteiger partial charge in [-0.25, -0.2) is 4.99 Å². The van der Waals surface area contributed by atoms with Gasteiger partial charge in [-0.05, 0) is 102 Å². The first-order valence-corrected chi connectivity index (χ1v) is 18.2. The van der Waals surface area contributed by atoms with Crippen molar-refractivity contribution in [3.05, 3.63) is 58.3 Å². The molecule has 2 aromatic rings. The standard InChI is InChI=1S/C36H54N6O3S/c1-26-34(28-10-5-4-6-11-28)45-36(38-26)41-21-22-42(32(25-41)33(43)19-18-30-12-9-23-46-30)35(44)31(13-7-8-20-40(2)3)39-29-16-14-27(24-37)15-17-29/h4-6,9-12,23,26-27,29,31-32,34,39H,7-8,13-22,24-25,37H2,1-3H3/t26-,27?,29?,31+,32-,34+/m0/s1. The SMILES string of the molecule is C[C@@H]1N=C(N2CCN(C(=O)[C@@H](CCCCN(C)C)NC3CCC(CN)CC3)[C@H](C(=O)CCc3cccs3)C2)O[C@H]1c1ccccc1. The molecular weight excluding hydrogens is 597 g/mol. The predicted molar refractivity (Wildman–Crippen MR) is 186 cm³/mol. The summed E-state index contributed by atoms with van der Waals surface area (Å²) in [6.45, 7) is 5.26. The topological polar surface area (TPSA) is 104 Å². The van der Waals surface area contributed by atoms with Gasteiger partial charge < -0.3 is 30.5 Å². The highest BCUT2D eigenvalue weighted by atomic mass is 32.1. The molecule has 3 aliphatic rings. The van der Waals surface area contributed by atoms with E-state index in [0.29, 0.717) is 50.5 Å². The molecule has 9 nitrogen and oxygen atoms in total. The molecule has 0 radical (unpaired) electrons. The van der Waals surface area contributed by atoms with Crippen LogP contribution in [0.25, 0.3) is 0 Å². The van der Waals surface area contributed by atoms with E-state index in [0.717, 1.165) is 63.6 Å². The first-order chi connectivity index (χ1) is 22.3. The summed E-state index contributed by atoms with van der Waals surface area (Å²) in [6.07, 6.45) is 7.98. The minimum atomic E-state index is -0.544. The van der Waals surface area contributed by atoms with Crippen LogP contribution < -0.4 is 11.1 Å². The molecule has 3 heterocycles. The highest BCUT2D eigenvalue weighted by molar-refractivity contribution is 7.09. The normalized spacial score (nSPS) is 25.8. The van der Waals surface area contributed by atoms with Crippen LogP contribution in [0.5, 0.6) is 0 Å². The third kappa shape index (κ3) is 9.18. The summed E-state index contributed by atoms with van der Waals surface area (Å²) < 4.78 is 6.43. The van der Waals surface area contributed by atoms with Gasteiger partial charge in [0, 0.05) is 37.0 Å². The maximum atomic E-state index is 14.5. The van der Waals surface area contributed by atoms with Crippen LogP contribution in [0.4, 0.5) is 0 Å². The number of aliphatic imine (C=N–C) groups is 1. The monoisotopic (exact) mass is 650 g/mol. The second-order valence-corrected chi connectivity index (χ2v) is 14.6. The van der Waals surface area contributed by atoms with Gasteiger partial charge in [-0.2, -0.15) is 0 Å². The summed E-state index contributed by atoms with van der Waals surface area (Å²) in [6, 6.07) is 14.3. The van der Waals surface area contributed by atoms with Crippen molar-refractivity contribution in [1.29, 1.82) is 0 Å². The first kappa shape index (κ1) is 34.5. The molecule has 1 aliphatic carbocycles. The van der Waals surface area contributed by atoms with Crippen molar-refractivity contribution in [2.75, 3.05) is 46.8 Å². The van der Waals surface area contributed by atoms with Crippen LogP contribution >= 0.6 is 11.3 Å². The number of aryl methyl sites for hydroxylation is 1. The third-order valence-corrected chi connectivity index (χ3v) is 10.8. The zero-order valence-electron chi connectivity index (χ0n) is 28.0. The Morgan fingerprint density at radius 3 is 2.57 bits per heavy atom. The zero-order chi connectivity index (χ0) is 32.5. The Morgan fingerprint density at radius 2 is 1.87 bits per heavy atom. The van der Waals surface area contributed by atoms with Crippen molar-refractivity contribution in [2.45, 2.75) is 95.0 Å². The molecule has 0 spiro atoms. The molecule has 2 fully saturated rings. The summed E-state index contributed by atoms with van der Waals surface area (Å²) in [4.78, 5) is 40.7. The number of hydrogen-bond acceptors (Lipinski definition) is 9. The van der Waals surface area contributed by atoms with Gasteiger partial charge in [0.2, 0.25) is 5.91 Å². The van der Waals surface area contributed by atoms with E-state index < -0.39 is 6.04 Å². The number of piperazine rings is 1. The van der Waals surface area contributed by atoms with E-state index in [1.54, 1.807) is 11.3 Å². The first-order valence-electron chi connectivity index (χ1n) is 17.3. The number of nitrogens with two attached hydrogens (primary N) is 1. The summed E-state index contributed by atoms with van der Waals surface area (Å²) in [5.41, 5.74) is 7.06. The fraction of sp³-hybridized carbons (Fsp3) is 0.639. The van der Waals surface area contributed by atoms with E-state index in [1.807, 2.05) is 34.5 Å². The largest absolute Gasteiger partial charge is 0.455 e. The molecule has 10 heteroatoms. The molecule has 1 aromatic carbocycles. The van der Waals surface area contributed by atoms with Crippen LogP contribution in [0.2, 0.25) is 0 Å². The molecule has 3 N–H and O–H groups in total. The van der Waals surface area contributed by atoms with Crippen molar-refractivity contribution in [3.8, 4) is 0 Å². The van der Waals surface area contributed by atoms with Crippen LogP contribution in [-0.4, -0.2) is 103 Å². The van der Waals surface area contributed by atoms with E-state index in [1.165, 1.54) is 4.88 Å². The van der Waals surface area contributed by atoms with Gasteiger partial charge in [0.05, 0.1) is 12.1 Å². The number of amidine groups is 1. The molecular formula is C36H54N6O3S. The van der Waals surface area contributed by atoms with Crippen molar-refractivity contribution in [1.82, 2.24) is 20.0 Å². The maximum absolute atomic E-state index is 14.5. The number of unbranched alkanes of at least 4 members (excludes halogenated alkanes) is 1. The number of carbonyl (C=O) groups is 2. The van der Waals surface area contributed by atoms with E-state index in [2.05, 4.69) is 54.3 Å². The molecule has 1 aromatic heterocycles. The fourth-order valence-electron chi connectivity index (χ4n) is 7.10. The van der Waals surface area contributed by atoms with Crippen molar-refractivity contribution in [2.24, 2.45) is 16.6 Å². The second-order valence-electron chi connectivity index (χ2n) is 13.6. The number of ketones is 1. The zero-order valence-corrected chi connectivity index (χ0v) is 28.8. The highest BCUT2D eigenvalue weighted by Crippen LogP contribution is 2.31. The van der Waals surface area contributed by atoms with Gasteiger partial charge in [0.25, 0.3) is 6.02 Å². The quantitative estimate of drug-likeness (QED) is 0.291. The van der Waals surface area contributed by atoms with E-state index >= 15 is 0 Å². The molecule has 2 aliphatic heterocycles. The second kappa shape index (κ2) is 16.9. The number of hydrogen-bond donors (Lipinski definition) is 2. The lowest BCUT2D eigenvalue weighted by atomic mass is 9.85. The number of nitrogens with zero attached hydrogens (tertiary/aromatic N) is 4. The summed E-state index contributed by atoms with van der Waals surface area (Å²) >= 11 is 1.67. The lowest BCUT2D eigenvalue weighted by Crippen LogP contribution is -2.63. The Bertz CT molecular complexity index is 1260. The number of thiophene rings is 1. The predicted octanol–water partition coefficient (Wildman–Crippen LogP) is 4.49. The maximum Gasteiger partial charge on any atom is 0.288 e. The van der Waals surface area contributed by atoms with Gasteiger partial charge in [0.15, 0.2) is 5.78 Å². The summed E-state index contributed by atoms with van der Waals surface area (Å²) in [7, 11) is 4.17. The Labute approximate surface area is 279 Å². The Balaban J connectivity index is 1.31. The molecule has 5 rings (SSSR count). The Kier molecular flexibility index (Phi) is 12.7. The third-order valence-electron chi connectivity index (χ3n) is 9.88. The molecule has 46 heavy (non-hydrogen) atoms. The molecule has 1 saturated heterocycles. The van der Waals surface area contributed by atoms with Gasteiger partial charge in [-0.15, -0.1) is 11.3 Å². The highest BCUT2D eigenvalue weighted by Gasteiger charge is 2.41. The van der Waals surface area contributed by atoms with Crippen LogP contribution in [0.1, 0.15) is 74.8 Å². The number of amides is 1. The van der Waals surface area contributed by atoms with Gasteiger partial charge in [0.1, 0.15) is 12.1 Å². The summed E-state index contributed by atoms with van der Waals surface area (Å²) in [5, 5.41) is 5.83. The van der Waals surface area contributed by atoms with Crippen molar-refractivity contribution < 1.29 is 14.3 Å². The fourth-order valence-corrected chi connectivity index (χ4v) is 7.81. The van der Waals surface area contributed by atoms with E-state index in [-0.39, 0.29) is 29.9 Å². The lowest BCUT2D eigenvalue weighted by Gasteiger charge is -2.43. The molecule has 4 atom stereocenters. The van der Waals surface area contributed by atoms with E-state index in [4.69, 9.17) is 15.5 Å². The molecule has 0 unspecified atom stereocenters. The van der Waals surface area contributed by atoms with E-state index in [9.17, 15) is 9.59 Å². The van der Waals surface area contributed by atoms with Crippen molar-refractivity contribution >= 4 is 29.0 Å². The number of nitrogens with one attached hydrogen (secondary N) is 1. The van der Waals surface area contributed by atoms with Crippen LogP contribution in [0.15, 0.2) is 52.8 Å². The average molecular weight is 651 g/mol. The number of benzene rings is 1. The molecule has 1 saturated carbocycles. The molecule has 0 bridgehead atoms. The number of rotatable bonds is 14. The van der Waals surface area contributed by atoms with Gasteiger partial charge >= 0.3 is 0 Å². The van der Waals surface area contributed by atoms with Gasteiger partial charge in [-0.3, -0.25) is 9.59 Å². The van der Waals surface area contributed by atoms with Crippen LogP contribution in [0, 0.1) is 5.92 Å². The Hall–Kier alpha value is -2.79. The van der Waals surface area contributed by atoms with Crippen molar-refractivity contribution in [3.63, 3.8) is 0 Å². The summed E-state index contributed by atoms with van der Waals surface area (Å²) in [5.74, 6) is 0.743. The average Bonchev–Trinajstić information content (AvgIpc) is 3.75. The molecule has 1 amide bonds. The minimum Gasteiger partial charge on any atom is -0.455 e. The number of ether oxygens (including phenoxy) is 1. The van der Waals surface area contributed by atoms with Crippen LogP contribution in [-0.2, 0) is 20.7 Å². The smallest absolute Gasteiger partial charge is 0.288 e. The molecule has 252 valence electrons. The van der Waals surface area contributed by atoms with Crippen LogP contribution in [0.3, 0.4) is 0 Å². The minimum absolute atomic E-state index is 0.0323.